The minimum absolute atomic E-state index is 0.268. The number of aliphatic imine (C=N–C) groups is 1. The van der Waals surface area contributed by atoms with E-state index in [1.54, 1.807) is 4.31 Å². The van der Waals surface area contributed by atoms with E-state index < -0.39 is 10.0 Å². The molecule has 2 aliphatic heterocycles. The van der Waals surface area contributed by atoms with E-state index in [1.807, 2.05) is 6.92 Å². The molecule has 8 nitrogen and oxygen atoms in total. The van der Waals surface area contributed by atoms with Crippen LogP contribution >= 0.6 is 0 Å². The van der Waals surface area contributed by atoms with Gasteiger partial charge in [0.15, 0.2) is 5.96 Å². The van der Waals surface area contributed by atoms with Gasteiger partial charge in [0, 0.05) is 45.9 Å². The van der Waals surface area contributed by atoms with E-state index in [0.717, 1.165) is 44.8 Å². The van der Waals surface area contributed by atoms with Crippen molar-refractivity contribution in [3.63, 3.8) is 0 Å². The molecule has 0 amide bonds. The van der Waals surface area contributed by atoms with Gasteiger partial charge in [-0.15, -0.1) is 0 Å². The fraction of sp³-hybridized carbons (Fsp3) is 0.938. The Morgan fingerprint density at radius 1 is 1.36 bits per heavy atom. The van der Waals surface area contributed by atoms with Crippen LogP contribution in [0.15, 0.2) is 4.99 Å². The highest BCUT2D eigenvalue weighted by atomic mass is 32.2. The van der Waals surface area contributed by atoms with Crippen molar-refractivity contribution in [2.45, 2.75) is 38.7 Å². The molecule has 146 valence electrons. The molecule has 2 saturated heterocycles. The first-order chi connectivity index (χ1) is 12.1. The van der Waals surface area contributed by atoms with Crippen LogP contribution in [0.1, 0.15) is 32.6 Å². The molecule has 2 fully saturated rings. The molecular weight excluding hydrogens is 344 g/mol. The molecule has 2 N–H and O–H groups in total. The molecule has 1 atom stereocenters. The standard InChI is InChI=1S/C16H32N4O4S/c1-2-17-16(19-8-10-20-9-5-13-25(20,21)22)18-7-4-11-23-14-15-6-3-12-24-15/h15H,2-14H2,1H3,(H2,17,18,19). The Morgan fingerprint density at radius 2 is 2.24 bits per heavy atom. The second-order valence-corrected chi connectivity index (χ2v) is 8.41. The quantitative estimate of drug-likeness (QED) is 0.321. The third-order valence-corrected chi connectivity index (χ3v) is 6.20. The van der Waals surface area contributed by atoms with Gasteiger partial charge in [0.2, 0.25) is 10.0 Å². The molecule has 2 aliphatic rings. The third kappa shape index (κ3) is 7.47. The van der Waals surface area contributed by atoms with E-state index in [0.29, 0.717) is 39.4 Å². The minimum Gasteiger partial charge on any atom is -0.379 e. The van der Waals surface area contributed by atoms with Gasteiger partial charge in [-0.05, 0) is 32.6 Å². The number of hydrogen-bond donors (Lipinski definition) is 2. The molecule has 0 aromatic carbocycles. The van der Waals surface area contributed by atoms with Crippen LogP contribution in [-0.4, -0.2) is 83.1 Å². The number of ether oxygens (including phenoxy) is 2. The highest BCUT2D eigenvalue weighted by Crippen LogP contribution is 2.12. The number of guanidine groups is 1. The number of sulfonamides is 1. The van der Waals surface area contributed by atoms with Crippen molar-refractivity contribution in [3.8, 4) is 0 Å². The zero-order valence-electron chi connectivity index (χ0n) is 15.2. The fourth-order valence-electron chi connectivity index (χ4n) is 2.93. The Kier molecular flexibility index (Phi) is 8.94. The Bertz CT molecular complexity index is 506. The molecule has 0 spiro atoms. The largest absolute Gasteiger partial charge is 0.379 e. The van der Waals surface area contributed by atoms with Gasteiger partial charge >= 0.3 is 0 Å². The summed E-state index contributed by atoms with van der Waals surface area (Å²) in [5.41, 5.74) is 0. The molecule has 0 aromatic heterocycles. The first kappa shape index (κ1) is 20.4. The summed E-state index contributed by atoms with van der Waals surface area (Å²) in [4.78, 5) is 4.50. The van der Waals surface area contributed by atoms with E-state index in [-0.39, 0.29) is 11.9 Å². The van der Waals surface area contributed by atoms with Crippen molar-refractivity contribution in [3.05, 3.63) is 0 Å². The van der Waals surface area contributed by atoms with Gasteiger partial charge in [0.05, 0.1) is 18.5 Å². The molecule has 2 heterocycles. The lowest BCUT2D eigenvalue weighted by Crippen LogP contribution is -2.42. The summed E-state index contributed by atoms with van der Waals surface area (Å²) in [6, 6.07) is 0. The maximum Gasteiger partial charge on any atom is 0.214 e. The molecule has 2 rings (SSSR count). The zero-order valence-corrected chi connectivity index (χ0v) is 16.0. The average Bonchev–Trinajstić information content (AvgIpc) is 3.20. The predicted octanol–water partition coefficient (Wildman–Crippen LogP) is 0.163. The number of hydrogen-bond acceptors (Lipinski definition) is 5. The van der Waals surface area contributed by atoms with Gasteiger partial charge < -0.3 is 20.1 Å². The molecule has 0 aromatic rings. The minimum atomic E-state index is -3.03. The smallest absolute Gasteiger partial charge is 0.214 e. The first-order valence-corrected chi connectivity index (χ1v) is 10.9. The summed E-state index contributed by atoms with van der Waals surface area (Å²) in [5, 5.41) is 6.37. The maximum absolute atomic E-state index is 11.8. The lowest BCUT2D eigenvalue weighted by molar-refractivity contribution is 0.0171. The number of nitrogens with one attached hydrogen (secondary N) is 2. The number of nitrogens with zero attached hydrogens (tertiary/aromatic N) is 2. The Labute approximate surface area is 151 Å². The molecule has 0 bridgehead atoms. The van der Waals surface area contributed by atoms with Crippen LogP contribution in [0.25, 0.3) is 0 Å². The summed E-state index contributed by atoms with van der Waals surface area (Å²) in [5.74, 6) is 0.991. The summed E-state index contributed by atoms with van der Waals surface area (Å²) < 4.78 is 36.2. The monoisotopic (exact) mass is 376 g/mol. The normalized spacial score (nSPS) is 23.9. The van der Waals surface area contributed by atoms with Gasteiger partial charge in [0.1, 0.15) is 0 Å². The van der Waals surface area contributed by atoms with Gasteiger partial charge in [-0.25, -0.2) is 12.7 Å². The second kappa shape index (κ2) is 10.9. The molecular formula is C16H32N4O4S. The number of rotatable bonds is 10. The molecule has 0 saturated carbocycles. The van der Waals surface area contributed by atoms with Crippen LogP contribution in [0.2, 0.25) is 0 Å². The SMILES string of the molecule is CCNC(=NCCCOCC1CCCO1)NCCN1CCCS1(=O)=O. The van der Waals surface area contributed by atoms with Crippen molar-refractivity contribution < 1.29 is 17.9 Å². The van der Waals surface area contributed by atoms with E-state index >= 15 is 0 Å². The molecule has 9 heteroatoms. The van der Waals surface area contributed by atoms with E-state index in [2.05, 4.69) is 15.6 Å². The van der Waals surface area contributed by atoms with Crippen LogP contribution in [0.3, 0.4) is 0 Å². The third-order valence-electron chi connectivity index (χ3n) is 4.25. The lowest BCUT2D eigenvalue weighted by atomic mass is 10.2. The van der Waals surface area contributed by atoms with Crippen molar-refractivity contribution in [2.75, 3.05) is 58.3 Å². The molecule has 0 radical (unpaired) electrons. The topological polar surface area (TPSA) is 92.3 Å². The van der Waals surface area contributed by atoms with E-state index in [9.17, 15) is 8.42 Å². The highest BCUT2D eigenvalue weighted by molar-refractivity contribution is 7.89. The van der Waals surface area contributed by atoms with Gasteiger partial charge in [-0.2, -0.15) is 0 Å². The van der Waals surface area contributed by atoms with Gasteiger partial charge in [0.25, 0.3) is 0 Å². The van der Waals surface area contributed by atoms with Crippen molar-refractivity contribution in [2.24, 2.45) is 4.99 Å². The Hall–Kier alpha value is -0.900. The average molecular weight is 377 g/mol. The summed E-state index contributed by atoms with van der Waals surface area (Å²) in [6.45, 7) is 7.31. The second-order valence-electron chi connectivity index (χ2n) is 6.32. The van der Waals surface area contributed by atoms with Gasteiger partial charge in [-0.3, -0.25) is 4.99 Å². The van der Waals surface area contributed by atoms with Crippen LogP contribution in [0.4, 0.5) is 0 Å². The van der Waals surface area contributed by atoms with E-state index in [4.69, 9.17) is 9.47 Å². The van der Waals surface area contributed by atoms with Crippen molar-refractivity contribution in [1.29, 1.82) is 0 Å². The van der Waals surface area contributed by atoms with Crippen LogP contribution in [0, 0.1) is 0 Å². The lowest BCUT2D eigenvalue weighted by Gasteiger charge is -2.16. The molecule has 1 unspecified atom stereocenters. The Balaban J connectivity index is 1.58. The summed E-state index contributed by atoms with van der Waals surface area (Å²) >= 11 is 0. The fourth-order valence-corrected chi connectivity index (χ4v) is 4.46. The maximum atomic E-state index is 11.8. The predicted molar refractivity (Wildman–Crippen MR) is 98.4 cm³/mol. The zero-order chi connectivity index (χ0) is 18.0. The van der Waals surface area contributed by atoms with Crippen molar-refractivity contribution in [1.82, 2.24) is 14.9 Å². The van der Waals surface area contributed by atoms with Gasteiger partial charge in [-0.1, -0.05) is 0 Å². The molecule has 0 aliphatic carbocycles. The first-order valence-electron chi connectivity index (χ1n) is 9.31. The van der Waals surface area contributed by atoms with Crippen LogP contribution in [0.5, 0.6) is 0 Å². The molecule has 25 heavy (non-hydrogen) atoms. The summed E-state index contributed by atoms with van der Waals surface area (Å²) in [7, 11) is -3.03. The van der Waals surface area contributed by atoms with Crippen LogP contribution < -0.4 is 10.6 Å². The highest BCUT2D eigenvalue weighted by Gasteiger charge is 2.27. The van der Waals surface area contributed by atoms with Crippen LogP contribution in [-0.2, 0) is 19.5 Å². The summed E-state index contributed by atoms with van der Waals surface area (Å²) in [6.07, 6.45) is 4.07. The van der Waals surface area contributed by atoms with E-state index in [1.165, 1.54) is 0 Å². The van der Waals surface area contributed by atoms with Crippen molar-refractivity contribution >= 4 is 16.0 Å². The Morgan fingerprint density at radius 3 is 2.92 bits per heavy atom.